The monoisotopic (exact) mass is 290 g/mol. The topological polar surface area (TPSA) is 24.5 Å². The first-order valence-corrected chi connectivity index (χ1v) is 8.07. The number of nitrogens with zero attached hydrogens (tertiary/aromatic N) is 1. The third-order valence-electron chi connectivity index (χ3n) is 4.48. The largest absolute Gasteiger partial charge is 0.497 e. The molecule has 1 N–H and O–H groups in total. The van der Waals surface area contributed by atoms with Crippen LogP contribution in [0.25, 0.3) is 0 Å². The Morgan fingerprint density at radius 1 is 1.29 bits per heavy atom. The third-order valence-corrected chi connectivity index (χ3v) is 4.48. The lowest BCUT2D eigenvalue weighted by Crippen LogP contribution is -2.47. The molecular weight excluding hydrogens is 260 g/mol. The van der Waals surface area contributed by atoms with E-state index in [4.69, 9.17) is 4.74 Å². The molecule has 3 nitrogen and oxygen atoms in total. The van der Waals surface area contributed by atoms with Crippen LogP contribution in [-0.4, -0.2) is 37.7 Å². The molecule has 0 bridgehead atoms. The van der Waals surface area contributed by atoms with E-state index in [0.717, 1.165) is 18.7 Å². The number of hydrogen-bond acceptors (Lipinski definition) is 3. The van der Waals surface area contributed by atoms with Gasteiger partial charge in [0.1, 0.15) is 5.75 Å². The van der Waals surface area contributed by atoms with Crippen LogP contribution in [0.1, 0.15) is 44.9 Å². The lowest BCUT2D eigenvalue weighted by molar-refractivity contribution is 0.115. The van der Waals surface area contributed by atoms with Gasteiger partial charge in [0.15, 0.2) is 0 Å². The zero-order valence-electron chi connectivity index (χ0n) is 14.3. The van der Waals surface area contributed by atoms with E-state index in [0.29, 0.717) is 24.0 Å². The van der Waals surface area contributed by atoms with Crippen LogP contribution in [-0.2, 0) is 6.42 Å². The lowest BCUT2D eigenvalue weighted by Gasteiger charge is -2.37. The fraction of sp³-hybridized carbons (Fsp3) is 0.667. The lowest BCUT2D eigenvalue weighted by atomic mass is 10.0. The van der Waals surface area contributed by atoms with E-state index in [1.165, 1.54) is 11.1 Å². The van der Waals surface area contributed by atoms with Crippen molar-refractivity contribution in [2.45, 2.75) is 52.2 Å². The van der Waals surface area contributed by atoms with Crippen LogP contribution in [0.3, 0.4) is 0 Å². The molecule has 0 aliphatic heterocycles. The maximum absolute atomic E-state index is 5.40. The van der Waals surface area contributed by atoms with E-state index >= 15 is 0 Å². The molecule has 0 radical (unpaired) electrons. The van der Waals surface area contributed by atoms with Crippen molar-refractivity contribution in [3.8, 4) is 5.75 Å². The molecule has 0 fully saturated rings. The van der Waals surface area contributed by atoms with Crippen molar-refractivity contribution in [2.24, 2.45) is 5.92 Å². The van der Waals surface area contributed by atoms with Crippen LogP contribution < -0.4 is 10.1 Å². The maximum atomic E-state index is 5.40. The summed E-state index contributed by atoms with van der Waals surface area (Å²) in [5.74, 6) is 1.64. The Labute approximate surface area is 129 Å². The Morgan fingerprint density at radius 3 is 2.52 bits per heavy atom. The number of hydrogen-bond donors (Lipinski definition) is 1. The van der Waals surface area contributed by atoms with Crippen LogP contribution in [0.5, 0.6) is 5.75 Å². The zero-order chi connectivity index (χ0) is 15.6. The van der Waals surface area contributed by atoms with Gasteiger partial charge in [-0.2, -0.15) is 0 Å². The Bertz CT molecular complexity index is 470. The predicted molar refractivity (Wildman–Crippen MR) is 89.0 cm³/mol. The summed E-state index contributed by atoms with van der Waals surface area (Å²) in [6.45, 7) is 10.4. The predicted octanol–water partition coefficient (Wildman–Crippen LogP) is 3.25. The first-order valence-electron chi connectivity index (χ1n) is 8.07. The molecule has 2 atom stereocenters. The number of methoxy groups -OCH3 is 1. The highest BCUT2D eigenvalue weighted by atomic mass is 16.5. The molecule has 118 valence electrons. The molecule has 1 aromatic rings. The van der Waals surface area contributed by atoms with Crippen molar-refractivity contribution >= 4 is 0 Å². The quantitative estimate of drug-likeness (QED) is 0.870. The van der Waals surface area contributed by atoms with Gasteiger partial charge >= 0.3 is 0 Å². The standard InChI is InChI=1S/C18H30N2O/c1-12(2)11-20(13(3)4)17-9-14-7-8-15(21-6)10-16(14)18(17)19-5/h7-8,10,12-13,17-19H,9,11H2,1-6H3. The highest BCUT2D eigenvalue weighted by molar-refractivity contribution is 5.42. The number of ether oxygens (including phenoxy) is 1. The maximum Gasteiger partial charge on any atom is 0.119 e. The smallest absolute Gasteiger partial charge is 0.119 e. The van der Waals surface area contributed by atoms with Crippen molar-refractivity contribution in [3.05, 3.63) is 29.3 Å². The van der Waals surface area contributed by atoms with Crippen LogP contribution in [0.2, 0.25) is 0 Å². The van der Waals surface area contributed by atoms with Crippen molar-refractivity contribution in [1.29, 1.82) is 0 Å². The van der Waals surface area contributed by atoms with Gasteiger partial charge in [0, 0.05) is 24.7 Å². The minimum Gasteiger partial charge on any atom is -0.497 e. The van der Waals surface area contributed by atoms with Gasteiger partial charge in [-0.25, -0.2) is 0 Å². The van der Waals surface area contributed by atoms with Gasteiger partial charge in [-0.1, -0.05) is 19.9 Å². The molecule has 1 aromatic carbocycles. The fourth-order valence-electron chi connectivity index (χ4n) is 3.53. The minimum absolute atomic E-state index is 0.385. The van der Waals surface area contributed by atoms with Crippen LogP contribution in [0.15, 0.2) is 18.2 Å². The van der Waals surface area contributed by atoms with E-state index in [9.17, 15) is 0 Å². The number of rotatable bonds is 6. The highest BCUT2D eigenvalue weighted by Crippen LogP contribution is 2.37. The van der Waals surface area contributed by atoms with Gasteiger partial charge in [-0.05, 0) is 56.5 Å². The van der Waals surface area contributed by atoms with Crippen molar-refractivity contribution in [2.75, 3.05) is 20.7 Å². The number of fused-ring (bicyclic) bond motifs is 1. The molecule has 2 unspecified atom stereocenters. The molecule has 0 amide bonds. The second kappa shape index (κ2) is 6.80. The normalized spacial score (nSPS) is 21.4. The van der Waals surface area contributed by atoms with E-state index in [1.54, 1.807) is 7.11 Å². The summed E-state index contributed by atoms with van der Waals surface area (Å²) < 4.78 is 5.40. The molecule has 3 heteroatoms. The molecule has 1 aliphatic rings. The second-order valence-corrected chi connectivity index (χ2v) is 6.79. The van der Waals surface area contributed by atoms with Crippen molar-refractivity contribution in [3.63, 3.8) is 0 Å². The summed E-state index contributed by atoms with van der Waals surface area (Å²) in [7, 11) is 3.81. The molecule has 0 saturated heterocycles. The third kappa shape index (κ3) is 3.41. The number of nitrogens with one attached hydrogen (secondary N) is 1. The summed E-state index contributed by atoms with van der Waals surface area (Å²) in [6, 6.07) is 7.98. The second-order valence-electron chi connectivity index (χ2n) is 6.79. The summed E-state index contributed by atoms with van der Waals surface area (Å²) in [5, 5.41) is 3.53. The number of likely N-dealkylation sites (N-methyl/N-ethyl adjacent to an activating group) is 1. The van der Waals surface area contributed by atoms with Gasteiger partial charge in [0.05, 0.1) is 7.11 Å². The first-order chi connectivity index (χ1) is 9.97. The Hall–Kier alpha value is -1.06. The highest BCUT2D eigenvalue weighted by Gasteiger charge is 2.36. The molecule has 2 rings (SSSR count). The summed E-state index contributed by atoms with van der Waals surface area (Å²) >= 11 is 0. The SMILES string of the molecule is CNC1c2cc(OC)ccc2CC1N(CC(C)C)C(C)C. The van der Waals surface area contributed by atoms with E-state index in [1.807, 2.05) is 0 Å². The molecule has 21 heavy (non-hydrogen) atoms. The Kier molecular flexibility index (Phi) is 5.28. The van der Waals surface area contributed by atoms with Gasteiger partial charge in [0.25, 0.3) is 0 Å². The average molecular weight is 290 g/mol. The van der Waals surface area contributed by atoms with E-state index in [2.05, 4.69) is 63.2 Å². The molecule has 0 saturated carbocycles. The summed E-state index contributed by atoms with van der Waals surface area (Å²) in [6.07, 6.45) is 1.12. The van der Waals surface area contributed by atoms with Gasteiger partial charge in [0.2, 0.25) is 0 Å². The molecule has 0 aromatic heterocycles. The minimum atomic E-state index is 0.385. The average Bonchev–Trinajstić information content (AvgIpc) is 2.81. The van der Waals surface area contributed by atoms with Crippen LogP contribution in [0, 0.1) is 5.92 Å². The zero-order valence-corrected chi connectivity index (χ0v) is 14.3. The number of benzene rings is 1. The summed E-state index contributed by atoms with van der Waals surface area (Å²) in [5.41, 5.74) is 2.85. The van der Waals surface area contributed by atoms with Crippen molar-refractivity contribution < 1.29 is 4.74 Å². The first kappa shape index (κ1) is 16.3. The molecule has 0 heterocycles. The van der Waals surface area contributed by atoms with Crippen molar-refractivity contribution in [1.82, 2.24) is 10.2 Å². The summed E-state index contributed by atoms with van der Waals surface area (Å²) in [4.78, 5) is 2.65. The Balaban J connectivity index is 2.29. The van der Waals surface area contributed by atoms with E-state index in [-0.39, 0.29) is 0 Å². The fourth-order valence-corrected chi connectivity index (χ4v) is 3.53. The van der Waals surface area contributed by atoms with E-state index < -0.39 is 0 Å². The van der Waals surface area contributed by atoms with Crippen LogP contribution >= 0.6 is 0 Å². The van der Waals surface area contributed by atoms with Gasteiger partial charge in [-0.3, -0.25) is 4.90 Å². The van der Waals surface area contributed by atoms with Gasteiger partial charge < -0.3 is 10.1 Å². The van der Waals surface area contributed by atoms with Crippen LogP contribution in [0.4, 0.5) is 0 Å². The molecule has 1 aliphatic carbocycles. The van der Waals surface area contributed by atoms with Gasteiger partial charge in [-0.15, -0.1) is 0 Å². The molecular formula is C18H30N2O. The molecule has 0 spiro atoms. The Morgan fingerprint density at radius 2 is 2.00 bits per heavy atom.